The van der Waals surface area contributed by atoms with Crippen LogP contribution in [-0.2, 0) is 24.8 Å². The largest absolute Gasteiger partial charge is 0.510 e. The van der Waals surface area contributed by atoms with E-state index in [1.54, 1.807) is 19.1 Å². The predicted octanol–water partition coefficient (Wildman–Crippen LogP) is -4.07. The summed E-state index contributed by atoms with van der Waals surface area (Å²) in [7, 11) is 5.83. The molecule has 6 aliphatic rings. The number of nitrogens with zero attached hydrogens (tertiary/aromatic N) is 2. The number of benzene rings is 2. The third-order valence-electron chi connectivity index (χ3n) is 14.0. The maximum absolute atomic E-state index is 13.3. The van der Waals surface area contributed by atoms with Gasteiger partial charge in [-0.3, -0.25) is 38.6 Å². The van der Waals surface area contributed by atoms with Crippen LogP contribution in [0.15, 0.2) is 81.7 Å². The van der Waals surface area contributed by atoms with Gasteiger partial charge in [0.2, 0.25) is 11.6 Å². The second-order valence-electron chi connectivity index (χ2n) is 17.9. The van der Waals surface area contributed by atoms with E-state index in [1.807, 2.05) is 0 Å². The molecule has 0 unspecified atom stereocenters. The molecule has 0 fully saturated rings. The lowest BCUT2D eigenvalue weighted by molar-refractivity contribution is -0.173. The molecular weight excluding hydrogens is 904 g/mol. The minimum Gasteiger partial charge on any atom is -0.510 e. The minimum absolute atomic E-state index is 0. The summed E-state index contributed by atoms with van der Waals surface area (Å²) in [5.41, 5.74) is -0.518. The molecular formula is C44H54N4O20. The fraction of sp³-hybridized carbons (Fsp3) is 0.409. The van der Waals surface area contributed by atoms with Crippen LogP contribution in [0.25, 0.3) is 0 Å². The van der Waals surface area contributed by atoms with Gasteiger partial charge in [-0.15, -0.1) is 0 Å². The molecule has 12 atom stereocenters. The normalized spacial score (nSPS) is 33.6. The van der Waals surface area contributed by atoms with Gasteiger partial charge in [0.25, 0.3) is 11.8 Å². The van der Waals surface area contributed by atoms with Crippen LogP contribution < -0.4 is 11.5 Å². The molecule has 0 heterocycles. The molecule has 0 bridgehead atoms. The highest BCUT2D eigenvalue weighted by Crippen LogP contribution is 2.58. The number of carbonyl (C=O) groups is 6. The Labute approximate surface area is 385 Å². The number of amides is 2. The van der Waals surface area contributed by atoms with Crippen LogP contribution in [0.1, 0.15) is 51.6 Å². The van der Waals surface area contributed by atoms with Gasteiger partial charge in [0.15, 0.2) is 22.8 Å². The Kier molecular flexibility index (Phi) is 13.9. The first-order valence-corrected chi connectivity index (χ1v) is 20.1. The zero-order chi connectivity index (χ0) is 48.6. The van der Waals surface area contributed by atoms with Crippen LogP contribution in [0, 0.1) is 23.7 Å². The molecule has 370 valence electrons. The number of carbonyl (C=O) groups excluding carboxylic acids is 6. The molecule has 24 heteroatoms. The molecule has 0 aromatic heterocycles. The number of ketones is 4. The van der Waals surface area contributed by atoms with Gasteiger partial charge < -0.3 is 84.1 Å². The Morgan fingerprint density at radius 3 is 1.46 bits per heavy atom. The first-order chi connectivity index (χ1) is 30.1. The van der Waals surface area contributed by atoms with E-state index in [-0.39, 0.29) is 38.9 Å². The summed E-state index contributed by atoms with van der Waals surface area (Å²) in [6.45, 7) is 2.93. The summed E-state index contributed by atoms with van der Waals surface area (Å²) in [5.74, 6) is -18.5. The van der Waals surface area contributed by atoms with Gasteiger partial charge in [-0.25, -0.2) is 0 Å². The summed E-state index contributed by atoms with van der Waals surface area (Å²) >= 11 is 0. The van der Waals surface area contributed by atoms with Crippen LogP contribution in [0.4, 0.5) is 0 Å². The van der Waals surface area contributed by atoms with Gasteiger partial charge in [0.05, 0.1) is 64.3 Å². The Morgan fingerprint density at radius 2 is 1.01 bits per heavy atom. The second kappa shape index (κ2) is 17.5. The quantitative estimate of drug-likeness (QED) is 0.130. The standard InChI is InChI=1S/C22H24N2O9.C22H24N2O8.3H2O/c1-21(32)7-5-4-6-8(25)9(7)15(26)10-12(21)17(28)13-14(24(2)3)16(27)11(20(23)31)19(30)22(13,33)18(10)29;1-7-8-5-4-6-9(25)11(8)16(26)12-10(7)17(27)14-15(24(2)3)18(28)13(21(23)31)20(30)22(14,32)19(12)29;;;/h4-6,12-14,17,25,27-29,32-33H,1-3H3,(H2,23,31);4-7,10,14-15,17,25,27-29,32H,1-3H3,(H2,23,31);3*1H2/t12-,13-,14+,17+,21-,22+;7-,10+,14+,15-,17-,22-;;;/m10.../s1. The highest BCUT2D eigenvalue weighted by molar-refractivity contribution is 6.26. The van der Waals surface area contributed by atoms with Gasteiger partial charge in [0, 0.05) is 11.5 Å². The molecule has 8 rings (SSSR count). The number of primary amides is 2. The molecule has 21 N–H and O–H groups in total. The number of fused-ring (bicyclic) bond motifs is 6. The van der Waals surface area contributed by atoms with E-state index >= 15 is 0 Å². The van der Waals surface area contributed by atoms with E-state index in [2.05, 4.69) is 0 Å². The molecule has 24 nitrogen and oxygen atoms in total. The number of nitrogens with two attached hydrogens (primary N) is 2. The number of aromatic hydroxyl groups is 2. The van der Waals surface area contributed by atoms with E-state index in [0.717, 1.165) is 0 Å². The summed E-state index contributed by atoms with van der Waals surface area (Å²) in [6.07, 6.45) is -3.46. The number of aliphatic hydroxyl groups excluding tert-OH is 6. The van der Waals surface area contributed by atoms with Gasteiger partial charge in [-0.2, -0.15) is 0 Å². The SMILES string of the molecule is CN(C)[C@@H]1C(O)=C(C(N)=O)C(=O)[C@@]2(O)C(O)=C3C(=O)c4c(O)cccc4[C@@](C)(O)[C@H]3[C@H](O)[C@@H]12.C[C@H]1c2cccc(O)c2C(=O)C2=C(O)[C@]3(O)C(=O)C(C(N)=O)=C(O)[C@@H](N(C)C)[C@@H]3[C@@H](O)[C@@H]21.O.O.O. The van der Waals surface area contributed by atoms with Crippen molar-refractivity contribution in [2.24, 2.45) is 35.1 Å². The highest BCUT2D eigenvalue weighted by Gasteiger charge is 2.70. The number of hydrogen-bond acceptors (Lipinski definition) is 19. The Balaban J connectivity index is 0.000000284. The molecule has 0 saturated carbocycles. The molecule has 2 amide bonds. The van der Waals surface area contributed by atoms with Crippen molar-refractivity contribution in [2.45, 2.75) is 60.9 Å². The van der Waals surface area contributed by atoms with Crippen LogP contribution in [-0.4, -0.2) is 181 Å². The summed E-state index contributed by atoms with van der Waals surface area (Å²) in [5, 5.41) is 122. The average Bonchev–Trinajstić information content (AvgIpc) is 3.20. The van der Waals surface area contributed by atoms with Gasteiger partial charge in [-0.05, 0) is 64.3 Å². The summed E-state index contributed by atoms with van der Waals surface area (Å²) in [6, 6.07) is 5.70. The zero-order valence-corrected chi connectivity index (χ0v) is 37.1. The van der Waals surface area contributed by atoms with Gasteiger partial charge >= 0.3 is 0 Å². The van der Waals surface area contributed by atoms with Crippen LogP contribution in [0.2, 0.25) is 0 Å². The number of hydrogen-bond donors (Lipinski definition) is 13. The lowest BCUT2D eigenvalue weighted by atomic mass is 9.54. The van der Waals surface area contributed by atoms with Crippen LogP contribution >= 0.6 is 0 Å². The Hall–Kier alpha value is -6.58. The predicted molar refractivity (Wildman–Crippen MR) is 232 cm³/mol. The molecule has 0 spiro atoms. The molecule has 68 heavy (non-hydrogen) atoms. The van der Waals surface area contributed by atoms with Crippen molar-refractivity contribution >= 4 is 34.9 Å². The number of rotatable bonds is 4. The lowest BCUT2D eigenvalue weighted by Crippen LogP contribution is -2.70. The summed E-state index contributed by atoms with van der Waals surface area (Å²) in [4.78, 5) is 79.6. The van der Waals surface area contributed by atoms with E-state index in [1.165, 1.54) is 69.2 Å². The molecule has 0 saturated heterocycles. The summed E-state index contributed by atoms with van der Waals surface area (Å²) < 4.78 is 0. The Morgan fingerprint density at radius 1 is 0.618 bits per heavy atom. The van der Waals surface area contributed by atoms with Crippen molar-refractivity contribution in [3.05, 3.63) is 104 Å². The number of likely N-dealkylation sites (N-methyl/N-ethyl adjacent to an activating group) is 2. The number of aliphatic hydroxyl groups is 9. The van der Waals surface area contributed by atoms with Crippen molar-refractivity contribution in [1.29, 1.82) is 0 Å². The van der Waals surface area contributed by atoms with Crippen molar-refractivity contribution in [3.8, 4) is 11.5 Å². The molecule has 0 radical (unpaired) electrons. The number of Topliss-reactive ketones (excluding diaryl/α,β-unsaturated/α-hetero) is 4. The first-order valence-electron chi connectivity index (χ1n) is 20.1. The molecule has 6 aliphatic carbocycles. The van der Waals surface area contributed by atoms with E-state index in [0.29, 0.717) is 5.56 Å². The maximum Gasteiger partial charge on any atom is 0.255 e. The molecule has 2 aromatic carbocycles. The fourth-order valence-corrected chi connectivity index (χ4v) is 11.2. The second-order valence-corrected chi connectivity index (χ2v) is 17.9. The van der Waals surface area contributed by atoms with Gasteiger partial charge in [0.1, 0.15) is 45.7 Å². The number of phenols is 2. The van der Waals surface area contributed by atoms with Crippen molar-refractivity contribution in [1.82, 2.24) is 9.80 Å². The van der Waals surface area contributed by atoms with E-state index in [9.17, 15) is 84.9 Å². The topological polar surface area (TPSA) is 478 Å². The van der Waals surface area contributed by atoms with Crippen molar-refractivity contribution in [3.63, 3.8) is 0 Å². The lowest BCUT2D eigenvalue weighted by Gasteiger charge is -2.55. The van der Waals surface area contributed by atoms with Crippen LogP contribution in [0.5, 0.6) is 11.5 Å². The third-order valence-corrected chi connectivity index (χ3v) is 14.0. The van der Waals surface area contributed by atoms with Crippen LogP contribution in [0.3, 0.4) is 0 Å². The molecule has 2 aromatic rings. The monoisotopic (exact) mass is 958 g/mol. The first kappa shape index (κ1) is 54.0. The zero-order valence-electron chi connectivity index (χ0n) is 37.1. The molecule has 0 aliphatic heterocycles. The van der Waals surface area contributed by atoms with Crippen molar-refractivity contribution < 1.29 is 101 Å². The maximum atomic E-state index is 13.3. The Bertz CT molecular complexity index is 2690. The fourth-order valence-electron chi connectivity index (χ4n) is 11.2. The number of phenolic OH excluding ortho intramolecular Hbond substituents is 2. The third kappa shape index (κ3) is 6.74. The van der Waals surface area contributed by atoms with Crippen molar-refractivity contribution in [2.75, 3.05) is 28.2 Å². The highest BCUT2D eigenvalue weighted by atomic mass is 16.4. The smallest absolute Gasteiger partial charge is 0.255 e. The minimum atomic E-state index is -3.02. The average molecular weight is 959 g/mol. The van der Waals surface area contributed by atoms with E-state index in [4.69, 9.17) is 11.5 Å². The van der Waals surface area contributed by atoms with E-state index < -0.39 is 157 Å². The van der Waals surface area contributed by atoms with Gasteiger partial charge in [-0.1, -0.05) is 31.2 Å².